The fourth-order valence-electron chi connectivity index (χ4n) is 3.07. The van der Waals surface area contributed by atoms with E-state index in [0.29, 0.717) is 5.56 Å². The molecule has 1 amide bonds. The Morgan fingerprint density at radius 3 is 2.38 bits per heavy atom. The van der Waals surface area contributed by atoms with Gasteiger partial charge in [-0.25, -0.2) is 0 Å². The molecule has 0 atom stereocenters. The van der Waals surface area contributed by atoms with Crippen molar-refractivity contribution in [2.75, 3.05) is 23.3 Å². The lowest BCUT2D eigenvalue weighted by Gasteiger charge is -2.21. The minimum atomic E-state index is -0.0811. The van der Waals surface area contributed by atoms with Gasteiger partial charge in [0.25, 0.3) is 5.91 Å². The molecular weight excluding hydrogens is 298 g/mol. The highest BCUT2D eigenvalue weighted by atomic mass is 16.1. The van der Waals surface area contributed by atoms with Gasteiger partial charge in [0.2, 0.25) is 0 Å². The molecule has 1 heterocycles. The van der Waals surface area contributed by atoms with Crippen LogP contribution in [0.15, 0.2) is 54.7 Å². The van der Waals surface area contributed by atoms with Crippen molar-refractivity contribution in [1.82, 2.24) is 4.57 Å². The van der Waals surface area contributed by atoms with E-state index in [0.717, 1.165) is 29.7 Å². The molecule has 0 saturated carbocycles. The van der Waals surface area contributed by atoms with Gasteiger partial charge in [0.05, 0.1) is 5.56 Å². The predicted molar refractivity (Wildman–Crippen MR) is 101 cm³/mol. The number of nitrogens with zero attached hydrogens (tertiary/aromatic N) is 2. The van der Waals surface area contributed by atoms with Gasteiger partial charge in [0, 0.05) is 48.6 Å². The lowest BCUT2D eigenvalue weighted by atomic mass is 10.1. The first kappa shape index (κ1) is 16.1. The standard InChI is InChI=1S/C20H23N3O/c1-4-23(5-2)16-12-10-15(11-13-16)21-20(24)18-14-22(3)19-9-7-6-8-17(18)19/h6-14H,4-5H2,1-3H3,(H,21,24). The van der Waals surface area contributed by atoms with Gasteiger partial charge >= 0.3 is 0 Å². The van der Waals surface area contributed by atoms with Crippen molar-refractivity contribution in [3.8, 4) is 0 Å². The summed E-state index contributed by atoms with van der Waals surface area (Å²) in [6, 6.07) is 15.9. The molecule has 1 N–H and O–H groups in total. The third-order valence-electron chi connectivity index (χ3n) is 4.40. The summed E-state index contributed by atoms with van der Waals surface area (Å²) in [4.78, 5) is 14.9. The maximum Gasteiger partial charge on any atom is 0.257 e. The third kappa shape index (κ3) is 3.00. The smallest absolute Gasteiger partial charge is 0.257 e. The fraction of sp³-hybridized carbons (Fsp3) is 0.250. The second-order valence-corrected chi connectivity index (χ2v) is 5.84. The van der Waals surface area contributed by atoms with Crippen molar-refractivity contribution in [3.05, 3.63) is 60.3 Å². The maximum absolute atomic E-state index is 12.6. The number of nitrogens with one attached hydrogen (secondary N) is 1. The molecule has 0 aliphatic heterocycles. The van der Waals surface area contributed by atoms with Crippen LogP contribution in [-0.4, -0.2) is 23.6 Å². The number of anilines is 2. The van der Waals surface area contributed by atoms with Gasteiger partial charge in [-0.15, -0.1) is 0 Å². The number of hydrogen-bond donors (Lipinski definition) is 1. The number of hydrogen-bond acceptors (Lipinski definition) is 2. The number of aryl methyl sites for hydroxylation is 1. The van der Waals surface area contributed by atoms with Gasteiger partial charge in [-0.1, -0.05) is 18.2 Å². The number of carbonyl (C=O) groups excluding carboxylic acids is 1. The average molecular weight is 321 g/mol. The lowest BCUT2D eigenvalue weighted by Crippen LogP contribution is -2.21. The first-order valence-corrected chi connectivity index (χ1v) is 8.34. The summed E-state index contributed by atoms with van der Waals surface area (Å²) in [5, 5.41) is 3.96. The number of carbonyl (C=O) groups is 1. The minimum Gasteiger partial charge on any atom is -0.372 e. The van der Waals surface area contributed by atoms with E-state index in [-0.39, 0.29) is 5.91 Å². The van der Waals surface area contributed by atoms with E-state index in [2.05, 4.69) is 24.1 Å². The highest BCUT2D eigenvalue weighted by Crippen LogP contribution is 2.22. The van der Waals surface area contributed by atoms with E-state index in [1.54, 1.807) is 0 Å². The van der Waals surface area contributed by atoms with Crippen LogP contribution in [0, 0.1) is 0 Å². The number of fused-ring (bicyclic) bond motifs is 1. The summed E-state index contributed by atoms with van der Waals surface area (Å²) < 4.78 is 1.98. The predicted octanol–water partition coefficient (Wildman–Crippen LogP) is 4.28. The van der Waals surface area contributed by atoms with Crippen LogP contribution in [0.4, 0.5) is 11.4 Å². The molecular formula is C20H23N3O. The normalized spacial score (nSPS) is 10.8. The fourth-order valence-corrected chi connectivity index (χ4v) is 3.07. The van der Waals surface area contributed by atoms with Gasteiger partial charge < -0.3 is 14.8 Å². The van der Waals surface area contributed by atoms with Crippen LogP contribution in [0.3, 0.4) is 0 Å². The zero-order valence-electron chi connectivity index (χ0n) is 14.4. The molecule has 0 aliphatic rings. The van der Waals surface area contributed by atoms with Crippen molar-refractivity contribution in [1.29, 1.82) is 0 Å². The number of rotatable bonds is 5. The zero-order valence-corrected chi connectivity index (χ0v) is 14.4. The Bertz CT molecular complexity index is 845. The third-order valence-corrected chi connectivity index (χ3v) is 4.40. The van der Waals surface area contributed by atoms with Gasteiger partial charge in [-0.05, 0) is 44.2 Å². The van der Waals surface area contributed by atoms with Crippen LogP contribution in [-0.2, 0) is 7.05 Å². The monoisotopic (exact) mass is 321 g/mol. The van der Waals surface area contributed by atoms with Crippen LogP contribution < -0.4 is 10.2 Å². The Morgan fingerprint density at radius 1 is 1.04 bits per heavy atom. The molecule has 3 aromatic rings. The molecule has 0 radical (unpaired) electrons. The summed E-state index contributed by atoms with van der Waals surface area (Å²) in [5.74, 6) is -0.0811. The highest BCUT2D eigenvalue weighted by Gasteiger charge is 2.13. The topological polar surface area (TPSA) is 37.3 Å². The van der Waals surface area contributed by atoms with Crippen LogP contribution in [0.1, 0.15) is 24.2 Å². The van der Waals surface area contributed by atoms with Crippen molar-refractivity contribution in [3.63, 3.8) is 0 Å². The van der Waals surface area contributed by atoms with E-state index < -0.39 is 0 Å². The first-order valence-electron chi connectivity index (χ1n) is 8.34. The summed E-state index contributed by atoms with van der Waals surface area (Å²) in [6.45, 7) is 6.22. The first-order chi connectivity index (χ1) is 11.6. The van der Waals surface area contributed by atoms with Gasteiger partial charge in [-0.3, -0.25) is 4.79 Å². The van der Waals surface area contributed by atoms with Crippen molar-refractivity contribution in [2.24, 2.45) is 7.05 Å². The summed E-state index contributed by atoms with van der Waals surface area (Å²) in [5.41, 5.74) is 3.73. The van der Waals surface area contributed by atoms with Crippen LogP contribution >= 0.6 is 0 Å². The number of para-hydroxylation sites is 1. The average Bonchev–Trinajstić information content (AvgIpc) is 2.95. The van der Waals surface area contributed by atoms with Gasteiger partial charge in [0.1, 0.15) is 0 Å². The van der Waals surface area contributed by atoms with Crippen molar-refractivity contribution in [2.45, 2.75) is 13.8 Å². The van der Waals surface area contributed by atoms with Crippen molar-refractivity contribution >= 4 is 28.2 Å². The molecule has 4 nitrogen and oxygen atoms in total. The molecule has 0 saturated heterocycles. The van der Waals surface area contributed by atoms with E-state index in [1.165, 1.54) is 5.69 Å². The van der Waals surface area contributed by atoms with E-state index >= 15 is 0 Å². The highest BCUT2D eigenvalue weighted by molar-refractivity contribution is 6.13. The Labute approximate surface area is 142 Å². The summed E-state index contributed by atoms with van der Waals surface area (Å²) in [6.07, 6.45) is 1.88. The molecule has 0 unspecified atom stereocenters. The summed E-state index contributed by atoms with van der Waals surface area (Å²) in [7, 11) is 1.96. The molecule has 0 fully saturated rings. The van der Waals surface area contributed by atoms with E-state index in [4.69, 9.17) is 0 Å². The minimum absolute atomic E-state index is 0.0811. The zero-order chi connectivity index (χ0) is 17.1. The molecule has 2 aromatic carbocycles. The molecule has 24 heavy (non-hydrogen) atoms. The van der Waals surface area contributed by atoms with Crippen LogP contribution in [0.5, 0.6) is 0 Å². The Hall–Kier alpha value is -2.75. The largest absolute Gasteiger partial charge is 0.372 e. The Morgan fingerprint density at radius 2 is 1.71 bits per heavy atom. The van der Waals surface area contributed by atoms with Crippen molar-refractivity contribution < 1.29 is 4.79 Å². The Kier molecular flexibility index (Phi) is 4.56. The van der Waals surface area contributed by atoms with E-state index in [1.807, 2.05) is 66.3 Å². The van der Waals surface area contributed by atoms with Gasteiger partial charge in [-0.2, -0.15) is 0 Å². The molecule has 1 aromatic heterocycles. The molecule has 0 aliphatic carbocycles. The summed E-state index contributed by atoms with van der Waals surface area (Å²) >= 11 is 0. The lowest BCUT2D eigenvalue weighted by molar-refractivity contribution is 0.102. The van der Waals surface area contributed by atoms with E-state index in [9.17, 15) is 4.79 Å². The second-order valence-electron chi connectivity index (χ2n) is 5.84. The SMILES string of the molecule is CCN(CC)c1ccc(NC(=O)c2cn(C)c3ccccc23)cc1. The number of amides is 1. The van der Waals surface area contributed by atoms with Crippen LogP contribution in [0.2, 0.25) is 0 Å². The van der Waals surface area contributed by atoms with Crippen LogP contribution in [0.25, 0.3) is 10.9 Å². The molecule has 4 heteroatoms. The molecule has 3 rings (SSSR count). The quantitative estimate of drug-likeness (QED) is 0.761. The molecule has 0 bridgehead atoms. The molecule has 124 valence electrons. The maximum atomic E-state index is 12.6. The Balaban J connectivity index is 1.81. The number of benzene rings is 2. The second kappa shape index (κ2) is 6.79. The molecule has 0 spiro atoms. The number of aromatic nitrogens is 1. The van der Waals surface area contributed by atoms with Gasteiger partial charge in [0.15, 0.2) is 0 Å².